The Balaban J connectivity index is 2.47. The van der Waals surface area contributed by atoms with Gasteiger partial charge in [0.25, 0.3) is 0 Å². The summed E-state index contributed by atoms with van der Waals surface area (Å²) in [5.41, 5.74) is 6.96. The van der Waals surface area contributed by atoms with Gasteiger partial charge in [0.05, 0.1) is 6.61 Å². The lowest BCUT2D eigenvalue weighted by atomic mass is 10.1. The molecule has 0 aliphatic rings. The zero-order chi connectivity index (χ0) is 12.8. The molecule has 0 radical (unpaired) electrons. The van der Waals surface area contributed by atoms with E-state index in [0.717, 1.165) is 34.7 Å². The third kappa shape index (κ3) is 5.09. The molecule has 0 aliphatic carbocycles. The topological polar surface area (TPSA) is 35.2 Å². The minimum Gasteiger partial charge on any atom is -0.494 e. The summed E-state index contributed by atoms with van der Waals surface area (Å²) < 4.78 is 6.72. The first-order chi connectivity index (χ1) is 8.00. The van der Waals surface area contributed by atoms with Crippen LogP contribution in [0.4, 0.5) is 0 Å². The normalized spacial score (nSPS) is 12.8. The van der Waals surface area contributed by atoms with Crippen LogP contribution in [0.1, 0.15) is 45.2 Å². The van der Waals surface area contributed by atoms with Crippen molar-refractivity contribution in [3.8, 4) is 5.75 Å². The van der Waals surface area contributed by atoms with Gasteiger partial charge >= 0.3 is 0 Å². The average molecular weight is 300 g/mol. The van der Waals surface area contributed by atoms with Crippen molar-refractivity contribution >= 4 is 15.9 Å². The highest BCUT2D eigenvalue weighted by atomic mass is 79.9. The summed E-state index contributed by atoms with van der Waals surface area (Å²) >= 11 is 3.52. The van der Waals surface area contributed by atoms with Gasteiger partial charge in [0, 0.05) is 10.5 Å². The zero-order valence-electron chi connectivity index (χ0n) is 10.9. The number of nitrogens with two attached hydrogens (primary N) is 1. The first-order valence-corrected chi connectivity index (χ1v) is 6.98. The Morgan fingerprint density at radius 1 is 1.29 bits per heavy atom. The standard InChI is InChI=1S/C14H22BrNO/c1-10(2)5-4-8-17-12-6-7-13(11(3)16)14(15)9-12/h6-7,9-11H,4-5,8,16H2,1-3H3/t11-/m1/s1. The summed E-state index contributed by atoms with van der Waals surface area (Å²) in [6, 6.07) is 6.04. The summed E-state index contributed by atoms with van der Waals surface area (Å²) in [6.45, 7) is 7.22. The molecule has 0 saturated carbocycles. The molecule has 3 heteroatoms. The maximum Gasteiger partial charge on any atom is 0.120 e. The van der Waals surface area contributed by atoms with E-state index in [-0.39, 0.29) is 6.04 Å². The number of halogens is 1. The van der Waals surface area contributed by atoms with Crippen molar-refractivity contribution in [2.75, 3.05) is 6.61 Å². The van der Waals surface area contributed by atoms with E-state index in [2.05, 4.69) is 29.8 Å². The predicted molar refractivity (Wildman–Crippen MR) is 76.3 cm³/mol. The van der Waals surface area contributed by atoms with Gasteiger partial charge in [-0.2, -0.15) is 0 Å². The van der Waals surface area contributed by atoms with Gasteiger partial charge in [0.15, 0.2) is 0 Å². The van der Waals surface area contributed by atoms with Gasteiger partial charge in [-0.15, -0.1) is 0 Å². The fourth-order valence-electron chi connectivity index (χ4n) is 1.65. The van der Waals surface area contributed by atoms with E-state index in [0.29, 0.717) is 0 Å². The van der Waals surface area contributed by atoms with Gasteiger partial charge in [-0.1, -0.05) is 35.8 Å². The first-order valence-electron chi connectivity index (χ1n) is 6.18. The van der Waals surface area contributed by atoms with Crippen LogP contribution in [0, 0.1) is 5.92 Å². The Labute approximate surface area is 113 Å². The van der Waals surface area contributed by atoms with E-state index in [4.69, 9.17) is 10.5 Å². The highest BCUT2D eigenvalue weighted by Gasteiger charge is 2.06. The molecule has 0 fully saturated rings. The number of ether oxygens (including phenoxy) is 1. The minimum atomic E-state index is 0.0411. The average Bonchev–Trinajstić information content (AvgIpc) is 2.23. The molecule has 0 amide bonds. The quantitative estimate of drug-likeness (QED) is 0.796. The van der Waals surface area contributed by atoms with E-state index in [1.807, 2.05) is 25.1 Å². The van der Waals surface area contributed by atoms with Gasteiger partial charge in [-0.05, 0) is 43.4 Å². The van der Waals surface area contributed by atoms with Crippen molar-refractivity contribution in [2.24, 2.45) is 11.7 Å². The Morgan fingerprint density at radius 3 is 2.53 bits per heavy atom. The van der Waals surface area contributed by atoms with Gasteiger partial charge in [-0.3, -0.25) is 0 Å². The molecule has 0 heterocycles. The molecule has 0 aromatic heterocycles. The molecule has 0 unspecified atom stereocenters. The van der Waals surface area contributed by atoms with Crippen LogP contribution in [0.2, 0.25) is 0 Å². The van der Waals surface area contributed by atoms with Crippen LogP contribution in [0.25, 0.3) is 0 Å². The second-order valence-corrected chi connectivity index (χ2v) is 5.71. The monoisotopic (exact) mass is 299 g/mol. The number of hydrogen-bond acceptors (Lipinski definition) is 2. The van der Waals surface area contributed by atoms with Crippen LogP contribution >= 0.6 is 15.9 Å². The van der Waals surface area contributed by atoms with E-state index < -0.39 is 0 Å². The van der Waals surface area contributed by atoms with E-state index in [1.54, 1.807) is 0 Å². The highest BCUT2D eigenvalue weighted by Crippen LogP contribution is 2.26. The van der Waals surface area contributed by atoms with Crippen LogP contribution in [0.5, 0.6) is 5.75 Å². The van der Waals surface area contributed by atoms with Crippen molar-refractivity contribution in [3.63, 3.8) is 0 Å². The van der Waals surface area contributed by atoms with Gasteiger partial charge in [0.2, 0.25) is 0 Å². The third-order valence-corrected chi connectivity index (χ3v) is 3.34. The second-order valence-electron chi connectivity index (χ2n) is 4.86. The van der Waals surface area contributed by atoms with Crippen LogP contribution in [0.15, 0.2) is 22.7 Å². The van der Waals surface area contributed by atoms with Crippen molar-refractivity contribution in [2.45, 2.75) is 39.7 Å². The van der Waals surface area contributed by atoms with E-state index in [9.17, 15) is 0 Å². The van der Waals surface area contributed by atoms with Gasteiger partial charge < -0.3 is 10.5 Å². The van der Waals surface area contributed by atoms with Crippen LogP contribution in [-0.4, -0.2) is 6.61 Å². The lowest BCUT2D eigenvalue weighted by Gasteiger charge is -2.12. The van der Waals surface area contributed by atoms with Gasteiger partial charge in [0.1, 0.15) is 5.75 Å². The Morgan fingerprint density at radius 2 is 2.00 bits per heavy atom. The van der Waals surface area contributed by atoms with Crippen molar-refractivity contribution < 1.29 is 4.74 Å². The smallest absolute Gasteiger partial charge is 0.120 e. The molecule has 1 aromatic rings. The molecule has 0 spiro atoms. The molecule has 0 bridgehead atoms. The molecular weight excluding hydrogens is 278 g/mol. The number of rotatable bonds is 6. The summed E-state index contributed by atoms with van der Waals surface area (Å²) in [5.74, 6) is 1.65. The van der Waals surface area contributed by atoms with Crippen molar-refractivity contribution in [1.29, 1.82) is 0 Å². The van der Waals surface area contributed by atoms with Crippen LogP contribution in [-0.2, 0) is 0 Å². The van der Waals surface area contributed by atoms with E-state index >= 15 is 0 Å². The molecule has 1 aromatic carbocycles. The summed E-state index contributed by atoms with van der Waals surface area (Å²) in [7, 11) is 0. The second kappa shape index (κ2) is 7.02. The molecular formula is C14H22BrNO. The minimum absolute atomic E-state index is 0.0411. The zero-order valence-corrected chi connectivity index (χ0v) is 12.5. The van der Waals surface area contributed by atoms with Gasteiger partial charge in [-0.25, -0.2) is 0 Å². The van der Waals surface area contributed by atoms with Crippen molar-refractivity contribution in [1.82, 2.24) is 0 Å². The number of hydrogen-bond donors (Lipinski definition) is 1. The first kappa shape index (κ1) is 14.5. The lowest BCUT2D eigenvalue weighted by molar-refractivity contribution is 0.297. The van der Waals surface area contributed by atoms with Crippen LogP contribution in [0.3, 0.4) is 0 Å². The molecule has 1 rings (SSSR count). The molecule has 17 heavy (non-hydrogen) atoms. The molecule has 2 N–H and O–H groups in total. The predicted octanol–water partition coefficient (Wildman–Crippen LogP) is 4.28. The number of benzene rings is 1. The fraction of sp³-hybridized carbons (Fsp3) is 0.571. The molecule has 96 valence electrons. The maximum atomic E-state index is 5.85. The Kier molecular flexibility index (Phi) is 6.00. The van der Waals surface area contributed by atoms with Crippen molar-refractivity contribution in [3.05, 3.63) is 28.2 Å². The molecule has 1 atom stereocenters. The SMILES string of the molecule is CC(C)CCCOc1ccc([C@@H](C)N)c(Br)c1. The third-order valence-electron chi connectivity index (χ3n) is 2.66. The van der Waals surface area contributed by atoms with E-state index in [1.165, 1.54) is 6.42 Å². The molecule has 0 saturated heterocycles. The summed E-state index contributed by atoms with van der Waals surface area (Å²) in [6.07, 6.45) is 2.31. The summed E-state index contributed by atoms with van der Waals surface area (Å²) in [5, 5.41) is 0. The Bertz CT molecular complexity index is 350. The summed E-state index contributed by atoms with van der Waals surface area (Å²) in [4.78, 5) is 0. The highest BCUT2D eigenvalue weighted by molar-refractivity contribution is 9.10. The molecule has 0 aliphatic heterocycles. The van der Waals surface area contributed by atoms with Crippen LogP contribution < -0.4 is 10.5 Å². The maximum absolute atomic E-state index is 5.85. The largest absolute Gasteiger partial charge is 0.494 e. The lowest BCUT2D eigenvalue weighted by Crippen LogP contribution is -2.06. The molecule has 2 nitrogen and oxygen atoms in total. The fourth-order valence-corrected chi connectivity index (χ4v) is 2.37. The Hall–Kier alpha value is -0.540.